The molecule has 0 saturated heterocycles. The maximum absolute atomic E-state index is 12.8. The van der Waals surface area contributed by atoms with Crippen molar-refractivity contribution in [2.45, 2.75) is 31.1 Å². The third-order valence-corrected chi connectivity index (χ3v) is 6.77. The molecule has 0 bridgehead atoms. The summed E-state index contributed by atoms with van der Waals surface area (Å²) in [7, 11) is -2.84. The summed E-state index contributed by atoms with van der Waals surface area (Å²) in [6, 6.07) is 12.0. The van der Waals surface area contributed by atoms with E-state index in [-0.39, 0.29) is 5.75 Å². The first kappa shape index (κ1) is 34.5. The van der Waals surface area contributed by atoms with Gasteiger partial charge in [-0.2, -0.15) is 40.2 Å². The van der Waals surface area contributed by atoms with Gasteiger partial charge < -0.3 is 14.2 Å². The Kier molecular flexibility index (Phi) is 10.4. The Morgan fingerprint density at radius 1 is 0.795 bits per heavy atom. The lowest BCUT2D eigenvalue weighted by molar-refractivity contribution is -0.257. The van der Waals surface area contributed by atoms with Crippen LogP contribution >= 0.6 is 12.0 Å². The molecule has 18 heteroatoms. The number of carbonyl (C=O) groups excluding carboxylic acids is 2. The van der Waals surface area contributed by atoms with Gasteiger partial charge in [-0.25, -0.2) is 0 Å². The summed E-state index contributed by atoms with van der Waals surface area (Å²) in [6.07, 6.45) is -9.69. The van der Waals surface area contributed by atoms with Crippen molar-refractivity contribution < 1.29 is 62.6 Å². The van der Waals surface area contributed by atoms with E-state index in [4.69, 9.17) is 8.92 Å². The van der Waals surface area contributed by atoms with Gasteiger partial charge in [-0.05, 0) is 71.5 Å². The fraction of sp³-hybridized carbons (Fsp3) is 0.231. The Bertz CT molecular complexity index is 1680. The predicted octanol–water partition coefficient (Wildman–Crippen LogP) is 6.03. The van der Waals surface area contributed by atoms with Crippen molar-refractivity contribution in [1.82, 2.24) is 5.48 Å². The molecule has 2 amide bonds. The summed E-state index contributed by atoms with van der Waals surface area (Å²) in [4.78, 5) is 26.6. The van der Waals surface area contributed by atoms with Gasteiger partial charge in [0.1, 0.15) is 5.75 Å². The SMILES string of the molecule is COc1cc(-c2cc(C)c(-c3ccc(NC(=O)C(F)(F)F)c(OS(C)(=O)=O)c3)cc2C)ccc1SOONC(=O)C(F)(F)F. The van der Waals surface area contributed by atoms with Gasteiger partial charge in [0.2, 0.25) is 0 Å². The summed E-state index contributed by atoms with van der Waals surface area (Å²) >= 11 is 0.474. The summed E-state index contributed by atoms with van der Waals surface area (Å²) < 4.78 is 113. The van der Waals surface area contributed by atoms with Crippen LogP contribution in [0.25, 0.3) is 22.3 Å². The van der Waals surface area contributed by atoms with Gasteiger partial charge in [0, 0.05) is 0 Å². The number of benzene rings is 3. The normalized spacial score (nSPS) is 12.0. The molecule has 0 aliphatic heterocycles. The Balaban J connectivity index is 1.90. The molecular formula is C26H22F6N2O8S2. The molecule has 0 aromatic heterocycles. The third-order valence-electron chi connectivity index (χ3n) is 5.64. The number of methoxy groups -OCH3 is 1. The number of alkyl halides is 6. The van der Waals surface area contributed by atoms with Crippen LogP contribution in [0.3, 0.4) is 0 Å². The number of anilines is 1. The third kappa shape index (κ3) is 9.01. The second kappa shape index (κ2) is 13.3. The number of hydrogen-bond donors (Lipinski definition) is 2. The number of amides is 2. The highest BCUT2D eigenvalue weighted by molar-refractivity contribution is 7.94. The number of hydroxylamine groups is 1. The van der Waals surface area contributed by atoms with Crippen LogP contribution in [0.15, 0.2) is 53.4 Å². The van der Waals surface area contributed by atoms with Crippen molar-refractivity contribution in [2.24, 2.45) is 0 Å². The maximum atomic E-state index is 12.8. The van der Waals surface area contributed by atoms with Crippen molar-refractivity contribution in [3.63, 3.8) is 0 Å². The zero-order valence-corrected chi connectivity index (χ0v) is 24.6. The van der Waals surface area contributed by atoms with Crippen molar-refractivity contribution in [1.29, 1.82) is 0 Å². The topological polar surface area (TPSA) is 129 Å². The number of hydrogen-bond acceptors (Lipinski definition) is 9. The molecule has 44 heavy (non-hydrogen) atoms. The lowest BCUT2D eigenvalue weighted by Crippen LogP contribution is -2.36. The fourth-order valence-electron chi connectivity index (χ4n) is 3.73. The van der Waals surface area contributed by atoms with Gasteiger partial charge in [0.25, 0.3) is 0 Å². The molecule has 0 unspecified atom stereocenters. The van der Waals surface area contributed by atoms with Gasteiger partial charge in [-0.1, -0.05) is 29.3 Å². The summed E-state index contributed by atoms with van der Waals surface area (Å²) in [5.41, 5.74) is 4.27. The summed E-state index contributed by atoms with van der Waals surface area (Å²) in [6.45, 7) is 3.50. The monoisotopic (exact) mass is 668 g/mol. The Morgan fingerprint density at radius 2 is 1.32 bits per heavy atom. The van der Waals surface area contributed by atoms with Gasteiger partial charge in [-0.15, -0.1) is 4.33 Å². The standard InChI is InChI=1S/C26H22F6N2O8S2/c1-13-10-18(16-6-8-22(21(12-16)39-3)43-42-41-34-24(36)26(30,31)32)14(2)9-17(13)15-5-7-19(33-23(35)25(27,28)29)20(11-15)40-44(4,37)38/h5-12H,1-4H3,(H,33,35)(H,34,36). The van der Waals surface area contributed by atoms with E-state index in [0.29, 0.717) is 51.0 Å². The first-order chi connectivity index (χ1) is 20.3. The highest BCUT2D eigenvalue weighted by Crippen LogP contribution is 2.39. The van der Waals surface area contributed by atoms with Crippen LogP contribution in [0, 0.1) is 13.8 Å². The Labute approximate surface area is 250 Å². The van der Waals surface area contributed by atoms with Gasteiger partial charge in [0.15, 0.2) is 5.75 Å². The molecule has 3 aromatic rings. The Morgan fingerprint density at radius 3 is 1.82 bits per heavy atom. The lowest BCUT2D eigenvalue weighted by atomic mass is 9.91. The highest BCUT2D eigenvalue weighted by atomic mass is 32.2. The number of ether oxygens (including phenoxy) is 1. The number of nitrogens with one attached hydrogen (secondary N) is 2. The van der Waals surface area contributed by atoms with E-state index in [1.54, 1.807) is 43.4 Å². The predicted molar refractivity (Wildman–Crippen MR) is 146 cm³/mol. The van der Waals surface area contributed by atoms with Crippen LogP contribution in [-0.2, 0) is 29.0 Å². The molecule has 0 spiro atoms. The zero-order valence-electron chi connectivity index (χ0n) is 23.0. The second-order valence-electron chi connectivity index (χ2n) is 8.96. The molecule has 0 fully saturated rings. The molecule has 0 saturated carbocycles. The van der Waals surface area contributed by atoms with Crippen LogP contribution in [0.5, 0.6) is 11.5 Å². The fourth-order valence-corrected chi connectivity index (χ4v) is 4.68. The number of rotatable bonds is 10. The van der Waals surface area contributed by atoms with Gasteiger partial charge in [0.05, 0.1) is 36.0 Å². The molecule has 0 heterocycles. The second-order valence-corrected chi connectivity index (χ2v) is 11.3. The van der Waals surface area contributed by atoms with E-state index in [0.717, 1.165) is 17.1 Å². The van der Waals surface area contributed by atoms with Crippen LogP contribution in [0.1, 0.15) is 11.1 Å². The van der Waals surface area contributed by atoms with Gasteiger partial charge >= 0.3 is 34.3 Å². The van der Waals surface area contributed by atoms with Gasteiger partial charge in [-0.3, -0.25) is 9.59 Å². The van der Waals surface area contributed by atoms with E-state index in [9.17, 15) is 44.3 Å². The van der Waals surface area contributed by atoms with Crippen LogP contribution in [-0.4, -0.2) is 46.0 Å². The number of aryl methyl sites for hydroxylation is 2. The first-order valence-electron chi connectivity index (χ1n) is 11.9. The minimum atomic E-state index is -5.22. The van der Waals surface area contributed by atoms with Crippen molar-refractivity contribution in [3.8, 4) is 33.8 Å². The molecule has 0 aliphatic rings. The molecular weight excluding hydrogens is 646 g/mol. The zero-order chi connectivity index (χ0) is 33.0. The minimum Gasteiger partial charge on any atom is -0.495 e. The van der Waals surface area contributed by atoms with Crippen LogP contribution < -0.4 is 19.7 Å². The van der Waals surface area contributed by atoms with E-state index in [1.165, 1.54) is 25.3 Å². The van der Waals surface area contributed by atoms with E-state index in [1.807, 2.05) is 0 Å². The van der Waals surface area contributed by atoms with Crippen molar-refractivity contribution in [3.05, 3.63) is 59.7 Å². The molecule has 238 valence electrons. The number of halogens is 6. The molecule has 10 nitrogen and oxygen atoms in total. The summed E-state index contributed by atoms with van der Waals surface area (Å²) in [5.74, 6) is -4.95. The molecule has 0 radical (unpaired) electrons. The largest absolute Gasteiger partial charge is 0.495 e. The molecule has 2 N–H and O–H groups in total. The molecule has 0 aliphatic carbocycles. The average molecular weight is 669 g/mol. The smallest absolute Gasteiger partial charge is 0.473 e. The Hall–Kier alpha value is -4.00. The lowest BCUT2D eigenvalue weighted by Gasteiger charge is -2.17. The van der Waals surface area contributed by atoms with E-state index < -0.39 is 45.7 Å². The van der Waals surface area contributed by atoms with E-state index in [2.05, 4.69) is 9.32 Å². The van der Waals surface area contributed by atoms with Crippen molar-refractivity contribution >= 4 is 39.7 Å². The van der Waals surface area contributed by atoms with Crippen LogP contribution in [0.2, 0.25) is 0 Å². The number of carbonyl (C=O) groups is 2. The minimum absolute atomic E-state index is 0.249. The summed E-state index contributed by atoms with van der Waals surface area (Å²) in [5, 5.41) is 1.60. The molecule has 0 atom stereocenters. The highest BCUT2D eigenvalue weighted by Gasteiger charge is 2.40. The quantitative estimate of drug-likeness (QED) is 0.0664. The van der Waals surface area contributed by atoms with E-state index >= 15 is 0 Å². The molecule has 3 rings (SSSR count). The first-order valence-corrected chi connectivity index (χ1v) is 14.4. The van der Waals surface area contributed by atoms with Crippen LogP contribution in [0.4, 0.5) is 32.0 Å². The molecule has 3 aromatic carbocycles. The van der Waals surface area contributed by atoms with Crippen molar-refractivity contribution in [2.75, 3.05) is 18.7 Å². The average Bonchev–Trinajstić information content (AvgIpc) is 2.91. The maximum Gasteiger partial charge on any atom is 0.473 e.